The van der Waals surface area contributed by atoms with Gasteiger partial charge in [0, 0.05) is 32.0 Å². The Morgan fingerprint density at radius 1 is 1.26 bits per heavy atom. The van der Waals surface area contributed by atoms with Crippen molar-refractivity contribution in [3.05, 3.63) is 46.7 Å². The molecule has 1 fully saturated rings. The van der Waals surface area contributed by atoms with E-state index in [1.807, 2.05) is 18.3 Å². The highest BCUT2D eigenvalue weighted by atomic mass is 35.5. The number of nitrogens with one attached hydrogen (secondary N) is 1. The lowest BCUT2D eigenvalue weighted by Gasteiger charge is -2.16. The van der Waals surface area contributed by atoms with Gasteiger partial charge in [0.25, 0.3) is 0 Å². The van der Waals surface area contributed by atoms with Gasteiger partial charge in [-0.15, -0.1) is 0 Å². The van der Waals surface area contributed by atoms with Crippen LogP contribution in [-0.2, 0) is 6.54 Å². The molecule has 1 aliphatic heterocycles. The molecule has 0 atom stereocenters. The summed E-state index contributed by atoms with van der Waals surface area (Å²) in [6.07, 6.45) is 5.73. The van der Waals surface area contributed by atoms with Gasteiger partial charge in [0.2, 0.25) is 5.91 Å². The molecule has 1 amide bonds. The number of amides is 1. The van der Waals surface area contributed by atoms with Crippen LogP contribution in [-0.4, -0.2) is 29.0 Å². The maximum absolute atomic E-state index is 11.1. The Kier molecular flexibility index (Phi) is 4.62. The predicted octanol–water partition coefficient (Wildman–Crippen LogP) is 2.44. The van der Waals surface area contributed by atoms with Gasteiger partial charge in [-0.05, 0) is 30.5 Å². The molecule has 0 saturated carbocycles. The van der Waals surface area contributed by atoms with E-state index in [1.165, 1.54) is 25.1 Å². The molecule has 7 heteroatoms. The fourth-order valence-corrected chi connectivity index (χ4v) is 2.78. The third-order valence-corrected chi connectivity index (χ3v) is 4.11. The summed E-state index contributed by atoms with van der Waals surface area (Å²) < 4.78 is 0. The van der Waals surface area contributed by atoms with Gasteiger partial charge in [-0.25, -0.2) is 9.97 Å². The smallest absolute Gasteiger partial charge is 0.250 e. The van der Waals surface area contributed by atoms with Gasteiger partial charge in [-0.2, -0.15) is 0 Å². The van der Waals surface area contributed by atoms with Crippen molar-refractivity contribution in [2.24, 2.45) is 5.73 Å². The van der Waals surface area contributed by atoms with E-state index >= 15 is 0 Å². The van der Waals surface area contributed by atoms with Crippen molar-refractivity contribution in [2.45, 2.75) is 19.4 Å². The highest BCUT2D eigenvalue weighted by Crippen LogP contribution is 2.21. The van der Waals surface area contributed by atoms with E-state index in [1.54, 1.807) is 0 Å². The van der Waals surface area contributed by atoms with Crippen molar-refractivity contribution in [3.8, 4) is 0 Å². The number of nitrogens with two attached hydrogens (primary N) is 1. The molecular formula is C16H18ClN5O. The van der Waals surface area contributed by atoms with Gasteiger partial charge in [0.05, 0.1) is 10.6 Å². The summed E-state index contributed by atoms with van der Waals surface area (Å²) in [5.74, 6) is 0.987. The molecule has 120 valence electrons. The second-order valence-electron chi connectivity index (χ2n) is 5.49. The first kappa shape index (κ1) is 15.6. The molecule has 0 aliphatic carbocycles. The first-order chi connectivity index (χ1) is 11.1. The minimum atomic E-state index is -0.548. The Bertz CT molecular complexity index is 698. The summed E-state index contributed by atoms with van der Waals surface area (Å²) >= 11 is 6.10. The number of primary amides is 1. The van der Waals surface area contributed by atoms with Gasteiger partial charge in [-0.1, -0.05) is 17.7 Å². The average molecular weight is 332 g/mol. The maximum Gasteiger partial charge on any atom is 0.250 e. The average Bonchev–Trinajstić information content (AvgIpc) is 3.08. The maximum atomic E-state index is 11.1. The van der Waals surface area contributed by atoms with Gasteiger partial charge in [0.15, 0.2) is 0 Å². The molecule has 6 nitrogen and oxygen atoms in total. The van der Waals surface area contributed by atoms with E-state index in [2.05, 4.69) is 20.2 Å². The first-order valence-corrected chi connectivity index (χ1v) is 7.90. The lowest BCUT2D eigenvalue weighted by molar-refractivity contribution is 0.1000. The van der Waals surface area contributed by atoms with Gasteiger partial charge in [-0.3, -0.25) is 4.79 Å². The molecule has 2 aromatic rings. The molecule has 3 N–H and O–H groups in total. The number of aromatic nitrogens is 2. The standard InChI is InChI=1S/C16H18ClN5O/c17-13-7-12(15(18)23)10-21-16(13)20-9-11-3-4-14(19-8-11)22-5-1-2-6-22/h3-4,7-8,10H,1-2,5-6,9H2,(H2,18,23)(H,20,21). The molecule has 3 rings (SSSR count). The first-order valence-electron chi connectivity index (χ1n) is 7.52. The zero-order chi connectivity index (χ0) is 16.2. The van der Waals surface area contributed by atoms with Crippen molar-refractivity contribution in [1.29, 1.82) is 0 Å². The van der Waals surface area contributed by atoms with E-state index in [0.29, 0.717) is 17.4 Å². The minimum absolute atomic E-state index is 0.289. The predicted molar refractivity (Wildman–Crippen MR) is 90.8 cm³/mol. The molecular weight excluding hydrogens is 314 g/mol. The molecule has 0 spiro atoms. The Balaban J connectivity index is 1.62. The van der Waals surface area contributed by atoms with Crippen molar-refractivity contribution < 1.29 is 4.79 Å². The molecule has 1 aliphatic rings. The number of carbonyl (C=O) groups excluding carboxylic acids is 1. The second kappa shape index (κ2) is 6.83. The van der Waals surface area contributed by atoms with Crippen LogP contribution in [0.3, 0.4) is 0 Å². The number of nitrogens with zero attached hydrogens (tertiary/aromatic N) is 3. The largest absolute Gasteiger partial charge is 0.366 e. The Hall–Kier alpha value is -2.34. The highest BCUT2D eigenvalue weighted by Gasteiger charge is 2.13. The van der Waals surface area contributed by atoms with Crippen LogP contribution in [0.5, 0.6) is 0 Å². The normalized spacial score (nSPS) is 14.0. The topological polar surface area (TPSA) is 84.1 Å². The van der Waals surface area contributed by atoms with Gasteiger partial charge < -0.3 is 16.0 Å². The highest BCUT2D eigenvalue weighted by molar-refractivity contribution is 6.33. The number of pyridine rings is 2. The third-order valence-electron chi connectivity index (χ3n) is 3.82. The van der Waals surface area contributed by atoms with Crippen molar-refractivity contribution in [1.82, 2.24) is 9.97 Å². The summed E-state index contributed by atoms with van der Waals surface area (Å²) in [4.78, 5) is 22.0. The van der Waals surface area contributed by atoms with Crippen LogP contribution < -0.4 is 16.0 Å². The fourth-order valence-electron chi connectivity index (χ4n) is 2.54. The number of carbonyl (C=O) groups is 1. The second-order valence-corrected chi connectivity index (χ2v) is 5.90. The van der Waals surface area contributed by atoms with Crippen LogP contribution in [0.15, 0.2) is 30.6 Å². The fraction of sp³-hybridized carbons (Fsp3) is 0.312. The van der Waals surface area contributed by atoms with Crippen LogP contribution in [0.25, 0.3) is 0 Å². The number of hydrogen-bond donors (Lipinski definition) is 2. The third kappa shape index (κ3) is 3.71. The molecule has 0 unspecified atom stereocenters. The van der Waals surface area contributed by atoms with E-state index in [9.17, 15) is 4.79 Å². The molecule has 0 radical (unpaired) electrons. The minimum Gasteiger partial charge on any atom is -0.366 e. The van der Waals surface area contributed by atoms with E-state index in [0.717, 1.165) is 24.5 Å². The van der Waals surface area contributed by atoms with Crippen LogP contribution in [0.2, 0.25) is 5.02 Å². The van der Waals surface area contributed by atoms with Crippen molar-refractivity contribution >= 4 is 29.1 Å². The number of rotatable bonds is 5. The van der Waals surface area contributed by atoms with Gasteiger partial charge >= 0.3 is 0 Å². The van der Waals surface area contributed by atoms with Crippen LogP contribution >= 0.6 is 11.6 Å². The quantitative estimate of drug-likeness (QED) is 0.879. The van der Waals surface area contributed by atoms with Crippen molar-refractivity contribution in [3.63, 3.8) is 0 Å². The SMILES string of the molecule is NC(=O)c1cnc(NCc2ccc(N3CCCC3)nc2)c(Cl)c1. The van der Waals surface area contributed by atoms with Crippen LogP contribution in [0, 0.1) is 0 Å². The van der Waals surface area contributed by atoms with E-state index in [-0.39, 0.29) is 5.56 Å². The Morgan fingerprint density at radius 2 is 2.04 bits per heavy atom. The Labute approximate surface area is 139 Å². The number of halogens is 1. The number of hydrogen-bond acceptors (Lipinski definition) is 5. The molecule has 0 aromatic carbocycles. The summed E-state index contributed by atoms with van der Waals surface area (Å²) in [6.45, 7) is 2.71. The summed E-state index contributed by atoms with van der Waals surface area (Å²) in [6, 6.07) is 5.58. The zero-order valence-corrected chi connectivity index (χ0v) is 13.4. The van der Waals surface area contributed by atoms with Crippen LogP contribution in [0.1, 0.15) is 28.8 Å². The molecule has 0 bridgehead atoms. The lowest BCUT2D eigenvalue weighted by atomic mass is 10.2. The monoisotopic (exact) mass is 331 g/mol. The molecule has 2 aromatic heterocycles. The zero-order valence-electron chi connectivity index (χ0n) is 12.6. The number of anilines is 2. The van der Waals surface area contributed by atoms with Crippen LogP contribution in [0.4, 0.5) is 11.6 Å². The lowest BCUT2D eigenvalue weighted by Crippen LogP contribution is -2.18. The summed E-state index contributed by atoms with van der Waals surface area (Å²) in [5.41, 5.74) is 6.51. The van der Waals surface area contributed by atoms with E-state index < -0.39 is 5.91 Å². The molecule has 3 heterocycles. The molecule has 23 heavy (non-hydrogen) atoms. The Morgan fingerprint density at radius 3 is 2.65 bits per heavy atom. The van der Waals surface area contributed by atoms with Gasteiger partial charge in [0.1, 0.15) is 11.6 Å². The van der Waals surface area contributed by atoms with E-state index in [4.69, 9.17) is 17.3 Å². The summed E-state index contributed by atoms with van der Waals surface area (Å²) in [7, 11) is 0. The van der Waals surface area contributed by atoms with Crippen molar-refractivity contribution in [2.75, 3.05) is 23.3 Å². The summed E-state index contributed by atoms with van der Waals surface area (Å²) in [5, 5.41) is 3.50. The molecule has 1 saturated heterocycles.